The average Bonchev–Trinajstić information content (AvgIpc) is 3.06. The monoisotopic (exact) mass is 295 g/mol. The van der Waals surface area contributed by atoms with Crippen molar-refractivity contribution >= 4 is 0 Å². The van der Waals surface area contributed by atoms with Gasteiger partial charge in [-0.15, -0.1) is 0 Å². The van der Waals surface area contributed by atoms with Crippen LogP contribution in [0.2, 0.25) is 0 Å². The Morgan fingerprint density at radius 1 is 1.05 bits per heavy atom. The summed E-state index contributed by atoms with van der Waals surface area (Å²) in [6, 6.07) is 0.786. The number of nitrogens with zero attached hydrogens (tertiary/aromatic N) is 2. The summed E-state index contributed by atoms with van der Waals surface area (Å²) in [4.78, 5) is 5.48. The molecule has 21 heavy (non-hydrogen) atoms. The van der Waals surface area contributed by atoms with Crippen LogP contribution in [0.3, 0.4) is 0 Å². The number of hydrogen-bond acceptors (Lipinski definition) is 4. The van der Waals surface area contributed by atoms with Crippen LogP contribution in [0.15, 0.2) is 0 Å². The third-order valence-corrected chi connectivity index (χ3v) is 6.32. The van der Waals surface area contributed by atoms with Crippen LogP contribution >= 0.6 is 0 Å². The molecule has 4 nitrogen and oxygen atoms in total. The number of rotatable bonds is 4. The fraction of sp³-hybridized carbons (Fsp3) is 1.00. The molecule has 0 aromatic rings. The normalized spacial score (nSPS) is 39.7. The molecule has 1 atom stereocenters. The third-order valence-electron chi connectivity index (χ3n) is 6.32. The van der Waals surface area contributed by atoms with Gasteiger partial charge in [0.25, 0.3) is 0 Å². The zero-order valence-corrected chi connectivity index (χ0v) is 13.7. The topological polar surface area (TPSA) is 41.7 Å². The maximum atomic E-state index is 6.23. The van der Waals surface area contributed by atoms with Crippen molar-refractivity contribution in [3.63, 3.8) is 0 Å². The minimum Gasteiger partial charge on any atom is -0.381 e. The first-order valence-electron chi connectivity index (χ1n) is 8.99. The molecule has 3 fully saturated rings. The first-order chi connectivity index (χ1) is 10.3. The smallest absolute Gasteiger partial charge is 0.0572 e. The molecule has 4 heteroatoms. The lowest BCUT2D eigenvalue weighted by atomic mass is 9.79. The zero-order chi connectivity index (χ0) is 14.7. The molecular formula is C17H33N3O. The first kappa shape index (κ1) is 15.7. The molecule has 2 heterocycles. The van der Waals surface area contributed by atoms with Crippen molar-refractivity contribution in [3.8, 4) is 0 Å². The number of ether oxygens (including phenoxy) is 1. The number of likely N-dealkylation sites (tertiary alicyclic amines) is 2. The second-order valence-electron chi connectivity index (χ2n) is 7.35. The van der Waals surface area contributed by atoms with Gasteiger partial charge in [-0.05, 0) is 58.0 Å². The molecule has 2 N–H and O–H groups in total. The van der Waals surface area contributed by atoms with E-state index in [1.165, 1.54) is 77.5 Å². The first-order valence-corrected chi connectivity index (χ1v) is 8.99. The van der Waals surface area contributed by atoms with Crippen LogP contribution < -0.4 is 5.73 Å². The van der Waals surface area contributed by atoms with Crippen LogP contribution in [-0.2, 0) is 4.74 Å². The van der Waals surface area contributed by atoms with Gasteiger partial charge < -0.3 is 10.5 Å². The van der Waals surface area contributed by atoms with Crippen molar-refractivity contribution in [2.75, 3.05) is 39.8 Å². The molecule has 1 aliphatic carbocycles. The number of nitrogens with two attached hydrogens (primary N) is 1. The highest BCUT2D eigenvalue weighted by molar-refractivity contribution is 5.00. The summed E-state index contributed by atoms with van der Waals surface area (Å²) in [6.45, 7) is 5.95. The maximum absolute atomic E-state index is 6.23. The molecule has 2 aliphatic heterocycles. The van der Waals surface area contributed by atoms with Gasteiger partial charge in [-0.1, -0.05) is 6.42 Å². The second-order valence-corrected chi connectivity index (χ2v) is 7.35. The zero-order valence-electron chi connectivity index (χ0n) is 13.7. The molecule has 3 rings (SSSR count). The molecular weight excluding hydrogens is 262 g/mol. The number of methoxy groups -OCH3 is 1. The summed E-state index contributed by atoms with van der Waals surface area (Å²) in [5.41, 5.74) is 6.50. The van der Waals surface area contributed by atoms with Gasteiger partial charge in [0.1, 0.15) is 0 Å². The lowest BCUT2D eigenvalue weighted by Gasteiger charge is -2.46. The molecule has 2 saturated heterocycles. The molecule has 0 amide bonds. The highest BCUT2D eigenvalue weighted by atomic mass is 16.5. The van der Waals surface area contributed by atoms with E-state index in [-0.39, 0.29) is 5.54 Å². The largest absolute Gasteiger partial charge is 0.381 e. The standard InChI is InChI=1S/C17H33N3O/c1-21-16-5-8-17(14-18,9-6-16)20-12-7-15(13-20)19-10-3-2-4-11-19/h15-16H,2-14,18H2,1H3. The third kappa shape index (κ3) is 3.29. The van der Waals surface area contributed by atoms with Crippen LogP contribution in [0.4, 0.5) is 0 Å². The summed E-state index contributed by atoms with van der Waals surface area (Å²) in [6.07, 6.45) is 10.8. The van der Waals surface area contributed by atoms with E-state index >= 15 is 0 Å². The lowest BCUT2D eigenvalue weighted by molar-refractivity contribution is -0.000697. The molecule has 0 bridgehead atoms. The predicted octanol–water partition coefficient (Wildman–Crippen LogP) is 1.83. The summed E-state index contributed by atoms with van der Waals surface area (Å²) in [5.74, 6) is 0. The van der Waals surface area contributed by atoms with Gasteiger partial charge in [0.05, 0.1) is 6.10 Å². The van der Waals surface area contributed by atoms with Crippen LogP contribution in [0.25, 0.3) is 0 Å². The van der Waals surface area contributed by atoms with Crippen LogP contribution in [0.1, 0.15) is 51.4 Å². The van der Waals surface area contributed by atoms with Gasteiger partial charge >= 0.3 is 0 Å². The fourth-order valence-corrected chi connectivity index (χ4v) is 4.77. The summed E-state index contributed by atoms with van der Waals surface area (Å²) >= 11 is 0. The lowest BCUT2D eigenvalue weighted by Crippen LogP contribution is -2.56. The van der Waals surface area contributed by atoms with Crippen LogP contribution in [0, 0.1) is 0 Å². The van der Waals surface area contributed by atoms with E-state index in [1.807, 2.05) is 7.11 Å². The molecule has 1 saturated carbocycles. The van der Waals surface area contributed by atoms with Gasteiger partial charge in [-0.3, -0.25) is 9.80 Å². The van der Waals surface area contributed by atoms with Crippen molar-refractivity contribution in [1.29, 1.82) is 0 Å². The van der Waals surface area contributed by atoms with Crippen molar-refractivity contribution in [2.24, 2.45) is 5.73 Å². The Balaban J connectivity index is 1.58. The quantitative estimate of drug-likeness (QED) is 0.859. The number of piperidine rings is 1. The highest BCUT2D eigenvalue weighted by Crippen LogP contribution is 2.37. The minimum absolute atomic E-state index is 0.263. The Morgan fingerprint density at radius 3 is 2.38 bits per heavy atom. The summed E-state index contributed by atoms with van der Waals surface area (Å²) in [7, 11) is 1.85. The van der Waals surface area contributed by atoms with Crippen molar-refractivity contribution in [3.05, 3.63) is 0 Å². The second kappa shape index (κ2) is 6.95. The molecule has 1 unspecified atom stereocenters. The van der Waals surface area contributed by atoms with E-state index in [1.54, 1.807) is 0 Å². The summed E-state index contributed by atoms with van der Waals surface area (Å²) in [5, 5.41) is 0. The van der Waals surface area contributed by atoms with Gasteiger partial charge in [0.15, 0.2) is 0 Å². The van der Waals surface area contributed by atoms with E-state index in [0.29, 0.717) is 6.10 Å². The molecule has 122 valence electrons. The van der Waals surface area contributed by atoms with E-state index in [9.17, 15) is 0 Å². The Morgan fingerprint density at radius 2 is 1.76 bits per heavy atom. The predicted molar refractivity (Wildman–Crippen MR) is 86.5 cm³/mol. The highest BCUT2D eigenvalue weighted by Gasteiger charge is 2.43. The van der Waals surface area contributed by atoms with Gasteiger partial charge in [-0.25, -0.2) is 0 Å². The Kier molecular flexibility index (Phi) is 5.20. The molecule has 3 aliphatic rings. The van der Waals surface area contributed by atoms with Crippen molar-refractivity contribution in [2.45, 2.75) is 69.1 Å². The van der Waals surface area contributed by atoms with Crippen LogP contribution in [0.5, 0.6) is 0 Å². The van der Waals surface area contributed by atoms with E-state index < -0.39 is 0 Å². The molecule has 0 aromatic heterocycles. The molecule has 0 aromatic carbocycles. The average molecular weight is 295 g/mol. The van der Waals surface area contributed by atoms with Gasteiger partial charge in [0, 0.05) is 38.3 Å². The van der Waals surface area contributed by atoms with E-state index in [0.717, 1.165) is 12.6 Å². The van der Waals surface area contributed by atoms with E-state index in [4.69, 9.17) is 10.5 Å². The van der Waals surface area contributed by atoms with Crippen molar-refractivity contribution in [1.82, 2.24) is 9.80 Å². The Hall–Kier alpha value is -0.160. The number of hydrogen-bond donors (Lipinski definition) is 1. The van der Waals surface area contributed by atoms with Gasteiger partial charge in [-0.2, -0.15) is 0 Å². The van der Waals surface area contributed by atoms with Crippen LogP contribution in [-0.4, -0.2) is 67.3 Å². The SMILES string of the molecule is COC1CCC(CN)(N2CCC(N3CCCCC3)C2)CC1. The Labute approximate surface area is 130 Å². The van der Waals surface area contributed by atoms with Gasteiger partial charge in [0.2, 0.25) is 0 Å². The fourth-order valence-electron chi connectivity index (χ4n) is 4.77. The van der Waals surface area contributed by atoms with E-state index in [2.05, 4.69) is 9.80 Å². The van der Waals surface area contributed by atoms with Crippen molar-refractivity contribution < 1.29 is 4.74 Å². The molecule has 0 spiro atoms. The maximum Gasteiger partial charge on any atom is 0.0572 e. The molecule has 0 radical (unpaired) electrons. The minimum atomic E-state index is 0.263. The summed E-state index contributed by atoms with van der Waals surface area (Å²) < 4.78 is 5.54. The Bertz CT molecular complexity index is 322.